The van der Waals surface area contributed by atoms with Crippen molar-refractivity contribution >= 4 is 47.1 Å². The average Bonchev–Trinajstić information content (AvgIpc) is 3.37. The molecule has 2 aromatic heterocycles. The van der Waals surface area contributed by atoms with Crippen LogP contribution in [0.5, 0.6) is 0 Å². The van der Waals surface area contributed by atoms with Crippen molar-refractivity contribution in [2.45, 2.75) is 39.2 Å². The predicted octanol–water partition coefficient (Wildman–Crippen LogP) is 3.23. The Morgan fingerprint density at radius 3 is 2.63 bits per heavy atom. The standard InChI is InChI=1S/C19H28N6S.HI/c1-3-16-14-23-18(26-16)8-9-21-19(20-2)24-13-15-6-7-17(22-12-15)25-10-4-5-11-25;/h6-7,12,14H,3-5,8-11,13H2,1-2H3,(H2,20,21,24);1H. The van der Waals surface area contributed by atoms with Gasteiger partial charge in [-0.3, -0.25) is 4.99 Å². The third-order valence-corrected chi connectivity index (χ3v) is 5.71. The highest BCUT2D eigenvalue weighted by Gasteiger charge is 2.12. The minimum absolute atomic E-state index is 0. The van der Waals surface area contributed by atoms with E-state index in [0.717, 1.165) is 49.8 Å². The second-order valence-electron chi connectivity index (χ2n) is 6.40. The number of aryl methyl sites for hydroxylation is 1. The van der Waals surface area contributed by atoms with E-state index >= 15 is 0 Å². The molecule has 0 radical (unpaired) electrons. The topological polar surface area (TPSA) is 65.4 Å². The van der Waals surface area contributed by atoms with Crippen molar-refractivity contribution in [2.24, 2.45) is 4.99 Å². The zero-order chi connectivity index (χ0) is 18.2. The zero-order valence-electron chi connectivity index (χ0n) is 16.1. The lowest BCUT2D eigenvalue weighted by atomic mass is 10.3. The third-order valence-electron chi connectivity index (χ3n) is 4.50. The molecular formula is C19H29IN6S. The summed E-state index contributed by atoms with van der Waals surface area (Å²) in [6, 6.07) is 4.26. The monoisotopic (exact) mass is 500 g/mol. The van der Waals surface area contributed by atoms with Gasteiger partial charge in [0.1, 0.15) is 5.82 Å². The molecule has 0 unspecified atom stereocenters. The van der Waals surface area contributed by atoms with Crippen molar-refractivity contribution in [1.82, 2.24) is 20.6 Å². The quantitative estimate of drug-likeness (QED) is 0.347. The van der Waals surface area contributed by atoms with E-state index in [1.165, 1.54) is 22.7 Å². The molecule has 0 bridgehead atoms. The molecule has 0 amide bonds. The molecule has 3 heterocycles. The molecule has 0 aromatic carbocycles. The van der Waals surface area contributed by atoms with Crippen LogP contribution in [0.2, 0.25) is 0 Å². The summed E-state index contributed by atoms with van der Waals surface area (Å²) in [4.78, 5) is 17.0. The molecule has 3 rings (SSSR count). The van der Waals surface area contributed by atoms with Gasteiger partial charge in [-0.25, -0.2) is 9.97 Å². The van der Waals surface area contributed by atoms with Gasteiger partial charge in [-0.2, -0.15) is 0 Å². The Hall–Kier alpha value is -1.42. The van der Waals surface area contributed by atoms with E-state index in [1.807, 2.05) is 12.4 Å². The molecule has 1 aliphatic heterocycles. The van der Waals surface area contributed by atoms with Crippen LogP contribution in [0, 0.1) is 0 Å². The molecule has 0 atom stereocenters. The van der Waals surface area contributed by atoms with Crippen LogP contribution in [0.1, 0.15) is 35.2 Å². The first-order valence-electron chi connectivity index (χ1n) is 9.36. The SMILES string of the molecule is CCc1cnc(CCNC(=NC)NCc2ccc(N3CCCC3)nc2)s1.I. The number of pyridine rings is 1. The maximum atomic E-state index is 4.60. The number of guanidine groups is 1. The third kappa shape index (κ3) is 6.60. The molecule has 1 aliphatic rings. The Morgan fingerprint density at radius 2 is 2.00 bits per heavy atom. The number of nitrogens with one attached hydrogen (secondary N) is 2. The summed E-state index contributed by atoms with van der Waals surface area (Å²) >= 11 is 1.79. The van der Waals surface area contributed by atoms with E-state index in [-0.39, 0.29) is 24.0 Å². The lowest BCUT2D eigenvalue weighted by molar-refractivity contribution is 0.789. The van der Waals surface area contributed by atoms with Crippen LogP contribution in [0.15, 0.2) is 29.5 Å². The van der Waals surface area contributed by atoms with Crippen LogP contribution < -0.4 is 15.5 Å². The van der Waals surface area contributed by atoms with Gasteiger partial charge in [-0.05, 0) is 30.9 Å². The molecule has 27 heavy (non-hydrogen) atoms. The lowest BCUT2D eigenvalue weighted by Crippen LogP contribution is -2.37. The highest BCUT2D eigenvalue weighted by atomic mass is 127. The predicted molar refractivity (Wildman–Crippen MR) is 124 cm³/mol. The van der Waals surface area contributed by atoms with Crippen molar-refractivity contribution in [1.29, 1.82) is 0 Å². The number of thiazole rings is 1. The summed E-state index contributed by atoms with van der Waals surface area (Å²) in [6.07, 6.45) is 8.44. The number of hydrogen-bond acceptors (Lipinski definition) is 5. The molecule has 148 valence electrons. The summed E-state index contributed by atoms with van der Waals surface area (Å²) in [7, 11) is 1.79. The maximum Gasteiger partial charge on any atom is 0.191 e. The van der Waals surface area contributed by atoms with E-state index in [1.54, 1.807) is 18.4 Å². The molecule has 2 N–H and O–H groups in total. The van der Waals surface area contributed by atoms with Crippen LogP contribution in [-0.2, 0) is 19.4 Å². The molecule has 0 spiro atoms. The van der Waals surface area contributed by atoms with Gasteiger partial charge in [0, 0.05) is 56.9 Å². The summed E-state index contributed by atoms with van der Waals surface area (Å²) in [6.45, 7) is 5.94. The molecular weight excluding hydrogens is 471 g/mol. The van der Waals surface area contributed by atoms with E-state index in [9.17, 15) is 0 Å². The van der Waals surface area contributed by atoms with Crippen LogP contribution in [0.25, 0.3) is 0 Å². The first-order chi connectivity index (χ1) is 12.8. The van der Waals surface area contributed by atoms with Crippen molar-refractivity contribution in [2.75, 3.05) is 31.6 Å². The highest BCUT2D eigenvalue weighted by molar-refractivity contribution is 14.0. The number of halogens is 1. The largest absolute Gasteiger partial charge is 0.357 e. The molecule has 2 aromatic rings. The van der Waals surface area contributed by atoms with E-state index in [2.05, 4.69) is 49.6 Å². The molecule has 6 nitrogen and oxygen atoms in total. The molecule has 1 saturated heterocycles. The van der Waals surface area contributed by atoms with Gasteiger partial charge >= 0.3 is 0 Å². The van der Waals surface area contributed by atoms with E-state index in [4.69, 9.17) is 0 Å². The average molecular weight is 500 g/mol. The van der Waals surface area contributed by atoms with Crippen LogP contribution >= 0.6 is 35.3 Å². The number of anilines is 1. The zero-order valence-corrected chi connectivity index (χ0v) is 19.2. The van der Waals surface area contributed by atoms with Crippen molar-refractivity contribution in [3.63, 3.8) is 0 Å². The number of aromatic nitrogens is 2. The normalized spacial score (nSPS) is 14.1. The maximum absolute atomic E-state index is 4.60. The highest BCUT2D eigenvalue weighted by Crippen LogP contribution is 2.17. The number of nitrogens with zero attached hydrogens (tertiary/aromatic N) is 4. The minimum Gasteiger partial charge on any atom is -0.357 e. The first kappa shape index (κ1) is 21.9. The van der Waals surface area contributed by atoms with Gasteiger partial charge in [-0.15, -0.1) is 35.3 Å². The molecule has 8 heteroatoms. The molecule has 1 fully saturated rings. The Labute approximate surface area is 182 Å². The summed E-state index contributed by atoms with van der Waals surface area (Å²) in [5.41, 5.74) is 1.16. The first-order valence-corrected chi connectivity index (χ1v) is 10.2. The smallest absolute Gasteiger partial charge is 0.191 e. The number of hydrogen-bond donors (Lipinski definition) is 2. The Morgan fingerprint density at radius 1 is 1.19 bits per heavy atom. The van der Waals surface area contributed by atoms with Gasteiger partial charge in [0.2, 0.25) is 0 Å². The lowest BCUT2D eigenvalue weighted by Gasteiger charge is -2.16. The van der Waals surface area contributed by atoms with Gasteiger partial charge in [0.15, 0.2) is 5.96 Å². The fraction of sp³-hybridized carbons (Fsp3) is 0.526. The Balaban J connectivity index is 0.00000261. The number of rotatable bonds is 7. The van der Waals surface area contributed by atoms with E-state index < -0.39 is 0 Å². The van der Waals surface area contributed by atoms with Crippen molar-refractivity contribution < 1.29 is 0 Å². The Kier molecular flexibility index (Phi) is 9.26. The fourth-order valence-electron chi connectivity index (χ4n) is 2.98. The van der Waals surface area contributed by atoms with Crippen molar-refractivity contribution in [3.05, 3.63) is 40.0 Å². The molecule has 0 aliphatic carbocycles. The van der Waals surface area contributed by atoms with Crippen molar-refractivity contribution in [3.8, 4) is 0 Å². The van der Waals surface area contributed by atoms with Gasteiger partial charge in [0.25, 0.3) is 0 Å². The summed E-state index contributed by atoms with van der Waals surface area (Å²) in [5, 5.41) is 7.87. The van der Waals surface area contributed by atoms with Gasteiger partial charge < -0.3 is 15.5 Å². The minimum atomic E-state index is 0. The fourth-order valence-corrected chi connectivity index (χ4v) is 3.84. The summed E-state index contributed by atoms with van der Waals surface area (Å²) < 4.78 is 0. The Bertz CT molecular complexity index is 709. The van der Waals surface area contributed by atoms with E-state index in [0.29, 0.717) is 6.54 Å². The number of aliphatic imine (C=N–C) groups is 1. The van der Waals surface area contributed by atoms with Crippen LogP contribution in [0.3, 0.4) is 0 Å². The van der Waals surface area contributed by atoms with Gasteiger partial charge in [-0.1, -0.05) is 13.0 Å². The van der Waals surface area contributed by atoms with Crippen LogP contribution in [-0.4, -0.2) is 42.6 Å². The summed E-state index contributed by atoms with van der Waals surface area (Å²) in [5.74, 6) is 1.89. The van der Waals surface area contributed by atoms with Crippen LogP contribution in [0.4, 0.5) is 5.82 Å². The second kappa shape index (κ2) is 11.4. The second-order valence-corrected chi connectivity index (χ2v) is 7.59. The van der Waals surface area contributed by atoms with Gasteiger partial charge in [0.05, 0.1) is 5.01 Å². The molecule has 0 saturated carbocycles.